The smallest absolute Gasteiger partial charge is 0.348 e. The summed E-state index contributed by atoms with van der Waals surface area (Å²) in [6.45, 7) is 13.5. The predicted molar refractivity (Wildman–Crippen MR) is 112 cm³/mol. The van der Waals surface area contributed by atoms with Gasteiger partial charge in [-0.15, -0.1) is 11.8 Å². The van der Waals surface area contributed by atoms with E-state index >= 15 is 0 Å². The standard InChI is InChI=1S/C21H36N2O3S/c1-7-27-18-12-14-23(20(25)22-18)13-10-8-9-11-15-26-19(24)21(6,16(2)3)17(4)5/h12,14,16-17H,7-11,13,15H2,1-6H3. The van der Waals surface area contributed by atoms with Crippen LogP contribution in [0.2, 0.25) is 0 Å². The minimum absolute atomic E-state index is 0.0878. The van der Waals surface area contributed by atoms with E-state index in [1.165, 1.54) is 0 Å². The summed E-state index contributed by atoms with van der Waals surface area (Å²) in [5.41, 5.74) is -0.611. The van der Waals surface area contributed by atoms with Gasteiger partial charge >= 0.3 is 11.7 Å². The summed E-state index contributed by atoms with van der Waals surface area (Å²) in [7, 11) is 0. The zero-order valence-electron chi connectivity index (χ0n) is 17.8. The van der Waals surface area contributed by atoms with Crippen LogP contribution in [0.25, 0.3) is 0 Å². The van der Waals surface area contributed by atoms with E-state index in [0.717, 1.165) is 36.5 Å². The minimum atomic E-state index is -0.434. The third kappa shape index (κ3) is 6.98. The fourth-order valence-corrected chi connectivity index (χ4v) is 3.60. The third-order valence-corrected chi connectivity index (χ3v) is 6.32. The largest absolute Gasteiger partial charge is 0.465 e. The molecule has 0 aliphatic heterocycles. The van der Waals surface area contributed by atoms with Crippen LogP contribution in [0.5, 0.6) is 0 Å². The molecule has 0 radical (unpaired) electrons. The van der Waals surface area contributed by atoms with E-state index in [1.54, 1.807) is 16.3 Å². The first-order valence-electron chi connectivity index (χ1n) is 10.1. The van der Waals surface area contributed by atoms with E-state index in [9.17, 15) is 9.59 Å². The average Bonchev–Trinajstić information content (AvgIpc) is 2.61. The van der Waals surface area contributed by atoms with Crippen molar-refractivity contribution in [1.29, 1.82) is 0 Å². The van der Waals surface area contributed by atoms with Crippen LogP contribution in [0.3, 0.4) is 0 Å². The molecule has 0 saturated carbocycles. The van der Waals surface area contributed by atoms with E-state index in [1.807, 2.05) is 26.1 Å². The van der Waals surface area contributed by atoms with Gasteiger partial charge in [-0.1, -0.05) is 41.0 Å². The van der Waals surface area contributed by atoms with Crippen LogP contribution in [-0.4, -0.2) is 27.9 Å². The number of nitrogens with zero attached hydrogens (tertiary/aromatic N) is 2. The highest BCUT2D eigenvalue weighted by Crippen LogP contribution is 2.36. The van der Waals surface area contributed by atoms with Crippen molar-refractivity contribution >= 4 is 17.7 Å². The summed E-state index contributed by atoms with van der Waals surface area (Å²) >= 11 is 1.58. The van der Waals surface area contributed by atoms with E-state index in [2.05, 4.69) is 32.7 Å². The lowest BCUT2D eigenvalue weighted by molar-refractivity contribution is -0.161. The third-order valence-electron chi connectivity index (χ3n) is 5.51. The van der Waals surface area contributed by atoms with Crippen molar-refractivity contribution in [1.82, 2.24) is 9.55 Å². The van der Waals surface area contributed by atoms with E-state index in [-0.39, 0.29) is 23.5 Å². The summed E-state index contributed by atoms with van der Waals surface area (Å²) in [4.78, 5) is 28.5. The normalized spacial score (nSPS) is 12.0. The number of ether oxygens (including phenoxy) is 1. The Morgan fingerprint density at radius 2 is 1.81 bits per heavy atom. The Labute approximate surface area is 168 Å². The molecule has 0 fully saturated rings. The van der Waals surface area contributed by atoms with Gasteiger partial charge < -0.3 is 4.74 Å². The van der Waals surface area contributed by atoms with Crippen LogP contribution >= 0.6 is 11.8 Å². The molecule has 5 nitrogen and oxygen atoms in total. The number of unbranched alkanes of at least 4 members (excludes halogenated alkanes) is 3. The topological polar surface area (TPSA) is 61.2 Å². The van der Waals surface area contributed by atoms with Gasteiger partial charge in [0.2, 0.25) is 0 Å². The fraction of sp³-hybridized carbons (Fsp3) is 0.762. The first-order chi connectivity index (χ1) is 12.7. The van der Waals surface area contributed by atoms with Gasteiger partial charge in [0.1, 0.15) is 5.03 Å². The molecule has 1 aromatic rings. The summed E-state index contributed by atoms with van der Waals surface area (Å²) in [5, 5.41) is 0.787. The summed E-state index contributed by atoms with van der Waals surface area (Å²) in [6, 6.07) is 1.90. The molecule has 0 unspecified atom stereocenters. The van der Waals surface area contributed by atoms with Gasteiger partial charge in [0.05, 0.1) is 12.0 Å². The Kier molecular flexibility index (Phi) is 10.1. The Morgan fingerprint density at radius 3 is 2.37 bits per heavy atom. The van der Waals surface area contributed by atoms with Crippen LogP contribution < -0.4 is 5.69 Å². The molecule has 0 aliphatic rings. The number of aromatic nitrogens is 2. The van der Waals surface area contributed by atoms with Crippen molar-refractivity contribution in [2.24, 2.45) is 17.3 Å². The van der Waals surface area contributed by atoms with Gasteiger partial charge in [0.15, 0.2) is 0 Å². The van der Waals surface area contributed by atoms with Crippen molar-refractivity contribution in [3.8, 4) is 0 Å². The lowest BCUT2D eigenvalue weighted by Crippen LogP contribution is -2.39. The van der Waals surface area contributed by atoms with Crippen molar-refractivity contribution in [2.75, 3.05) is 12.4 Å². The minimum Gasteiger partial charge on any atom is -0.465 e. The number of rotatable bonds is 12. The number of hydrogen-bond acceptors (Lipinski definition) is 5. The molecular weight excluding hydrogens is 360 g/mol. The Morgan fingerprint density at radius 1 is 1.19 bits per heavy atom. The van der Waals surface area contributed by atoms with Crippen LogP contribution in [0.4, 0.5) is 0 Å². The van der Waals surface area contributed by atoms with Gasteiger partial charge in [-0.2, -0.15) is 4.98 Å². The first-order valence-corrected chi connectivity index (χ1v) is 11.1. The maximum atomic E-state index is 12.5. The lowest BCUT2D eigenvalue weighted by Gasteiger charge is -2.35. The second-order valence-electron chi connectivity index (χ2n) is 7.82. The molecule has 0 amide bonds. The van der Waals surface area contributed by atoms with Crippen LogP contribution in [0.1, 0.15) is 67.2 Å². The van der Waals surface area contributed by atoms with Crippen molar-refractivity contribution in [2.45, 2.75) is 78.8 Å². The highest BCUT2D eigenvalue weighted by molar-refractivity contribution is 7.99. The number of esters is 1. The molecule has 0 atom stereocenters. The Bertz CT molecular complexity index is 633. The maximum absolute atomic E-state index is 12.5. The van der Waals surface area contributed by atoms with Gasteiger partial charge in [-0.3, -0.25) is 9.36 Å². The van der Waals surface area contributed by atoms with E-state index in [4.69, 9.17) is 4.74 Å². The average molecular weight is 397 g/mol. The number of carbonyl (C=O) groups is 1. The molecule has 1 heterocycles. The van der Waals surface area contributed by atoms with Gasteiger partial charge in [-0.05, 0) is 49.8 Å². The summed E-state index contributed by atoms with van der Waals surface area (Å²) in [6.07, 6.45) is 5.59. The monoisotopic (exact) mass is 396 g/mol. The molecule has 1 rings (SSSR count). The second-order valence-corrected chi connectivity index (χ2v) is 9.10. The highest BCUT2D eigenvalue weighted by atomic mass is 32.2. The Balaban J connectivity index is 2.28. The Hall–Kier alpha value is -1.30. The first kappa shape index (κ1) is 23.7. The summed E-state index contributed by atoms with van der Waals surface area (Å²) in [5.74, 6) is 1.32. The number of thioether (sulfide) groups is 1. The molecule has 0 aromatic carbocycles. The molecular formula is C21H36N2O3S. The van der Waals surface area contributed by atoms with Crippen LogP contribution in [0.15, 0.2) is 22.1 Å². The highest BCUT2D eigenvalue weighted by Gasteiger charge is 2.41. The van der Waals surface area contributed by atoms with E-state index in [0.29, 0.717) is 13.2 Å². The quantitative estimate of drug-likeness (QED) is 0.220. The van der Waals surface area contributed by atoms with Crippen molar-refractivity contribution < 1.29 is 9.53 Å². The van der Waals surface area contributed by atoms with Crippen LogP contribution in [0, 0.1) is 17.3 Å². The van der Waals surface area contributed by atoms with Crippen LogP contribution in [-0.2, 0) is 16.1 Å². The van der Waals surface area contributed by atoms with Gasteiger partial charge in [0, 0.05) is 12.7 Å². The molecule has 27 heavy (non-hydrogen) atoms. The predicted octanol–water partition coefficient (Wildman–Crippen LogP) is 4.78. The SMILES string of the molecule is CCSc1ccn(CCCCCCOC(=O)C(C)(C(C)C)C(C)C)c(=O)n1. The van der Waals surface area contributed by atoms with Crippen molar-refractivity contribution in [3.05, 3.63) is 22.7 Å². The molecule has 0 bridgehead atoms. The lowest BCUT2D eigenvalue weighted by atomic mass is 9.70. The number of carbonyl (C=O) groups excluding carboxylic acids is 1. The number of aryl methyl sites for hydroxylation is 1. The summed E-state index contributed by atoms with van der Waals surface area (Å²) < 4.78 is 7.21. The molecule has 0 saturated heterocycles. The maximum Gasteiger partial charge on any atom is 0.348 e. The molecule has 0 aliphatic carbocycles. The van der Waals surface area contributed by atoms with Crippen molar-refractivity contribution in [3.63, 3.8) is 0 Å². The second kappa shape index (κ2) is 11.5. The molecule has 154 valence electrons. The number of hydrogen-bond donors (Lipinski definition) is 0. The van der Waals surface area contributed by atoms with E-state index < -0.39 is 5.41 Å². The molecule has 0 N–H and O–H groups in total. The molecule has 1 aromatic heterocycles. The zero-order chi connectivity index (χ0) is 20.4. The molecule has 6 heteroatoms. The zero-order valence-corrected chi connectivity index (χ0v) is 18.6. The van der Waals surface area contributed by atoms with Gasteiger partial charge in [-0.25, -0.2) is 4.79 Å². The molecule has 0 spiro atoms. The fourth-order valence-electron chi connectivity index (χ4n) is 3.01. The van der Waals surface area contributed by atoms with Gasteiger partial charge in [0.25, 0.3) is 0 Å².